The molecule has 176 valence electrons. The molecule has 1 saturated heterocycles. The van der Waals surface area contributed by atoms with Crippen LogP contribution in [-0.2, 0) is 10.0 Å². The summed E-state index contributed by atoms with van der Waals surface area (Å²) in [5, 5.41) is 0. The van der Waals surface area contributed by atoms with Crippen molar-refractivity contribution in [1.82, 2.24) is 13.8 Å². The molecular weight excluding hydrogens is 426 g/mol. The fourth-order valence-electron chi connectivity index (χ4n) is 4.53. The number of aromatic nitrogens is 1. The lowest BCUT2D eigenvalue weighted by Gasteiger charge is -2.33. The van der Waals surface area contributed by atoms with E-state index in [0.717, 1.165) is 28.1 Å². The van der Waals surface area contributed by atoms with Gasteiger partial charge in [-0.3, -0.25) is 9.69 Å². The number of hydrogen-bond acceptors (Lipinski definition) is 5. The SMILES string of the molecule is COc1cc(C)c(C)cc1S(=O)(=O)N1CCN(CC(=O)c2cc(C)n(C(C)C)c2C)CC1. The number of ketones is 1. The molecule has 0 spiro atoms. The van der Waals surface area contributed by atoms with E-state index in [1.54, 1.807) is 12.1 Å². The van der Waals surface area contributed by atoms with Crippen molar-refractivity contribution in [3.05, 3.63) is 46.3 Å². The zero-order chi connectivity index (χ0) is 23.8. The van der Waals surface area contributed by atoms with Crippen LogP contribution in [0, 0.1) is 27.7 Å². The van der Waals surface area contributed by atoms with Crippen molar-refractivity contribution in [3.63, 3.8) is 0 Å². The Balaban J connectivity index is 1.70. The van der Waals surface area contributed by atoms with Gasteiger partial charge in [-0.05, 0) is 70.9 Å². The second-order valence-electron chi connectivity index (χ2n) is 8.94. The number of ether oxygens (including phenoxy) is 1. The Labute approximate surface area is 192 Å². The minimum Gasteiger partial charge on any atom is -0.495 e. The second-order valence-corrected chi connectivity index (χ2v) is 10.8. The highest BCUT2D eigenvalue weighted by atomic mass is 32.2. The molecule has 3 rings (SSSR count). The highest BCUT2D eigenvalue weighted by Gasteiger charge is 2.32. The van der Waals surface area contributed by atoms with E-state index in [0.29, 0.717) is 44.5 Å². The maximum absolute atomic E-state index is 13.3. The zero-order valence-corrected chi connectivity index (χ0v) is 21.0. The first-order valence-electron chi connectivity index (χ1n) is 11.1. The molecule has 1 aromatic carbocycles. The van der Waals surface area contributed by atoms with Crippen molar-refractivity contribution in [2.24, 2.45) is 0 Å². The van der Waals surface area contributed by atoms with Crippen LogP contribution in [-0.4, -0.2) is 67.8 Å². The van der Waals surface area contributed by atoms with Crippen LogP contribution in [0.1, 0.15) is 52.8 Å². The Kier molecular flexibility index (Phi) is 7.17. The topological polar surface area (TPSA) is 71.9 Å². The summed E-state index contributed by atoms with van der Waals surface area (Å²) in [5.74, 6) is 0.448. The molecule has 0 bridgehead atoms. The predicted octanol–water partition coefficient (Wildman–Crippen LogP) is 3.50. The van der Waals surface area contributed by atoms with Crippen molar-refractivity contribution in [1.29, 1.82) is 0 Å². The molecule has 2 aromatic rings. The molecule has 0 unspecified atom stereocenters. The van der Waals surface area contributed by atoms with Crippen molar-refractivity contribution >= 4 is 15.8 Å². The molecule has 1 aliphatic rings. The van der Waals surface area contributed by atoms with Crippen LogP contribution >= 0.6 is 0 Å². The average Bonchev–Trinajstić information content (AvgIpc) is 3.04. The third kappa shape index (κ3) is 4.63. The number of methoxy groups -OCH3 is 1. The summed E-state index contributed by atoms with van der Waals surface area (Å²) in [5.41, 5.74) is 4.73. The summed E-state index contributed by atoms with van der Waals surface area (Å²) >= 11 is 0. The summed E-state index contributed by atoms with van der Waals surface area (Å²) in [7, 11) is -2.18. The number of rotatable bonds is 7. The van der Waals surface area contributed by atoms with Gasteiger partial charge >= 0.3 is 0 Å². The predicted molar refractivity (Wildman–Crippen MR) is 126 cm³/mol. The summed E-state index contributed by atoms with van der Waals surface area (Å²) < 4.78 is 35.6. The van der Waals surface area contributed by atoms with Gasteiger partial charge in [0.15, 0.2) is 5.78 Å². The molecule has 32 heavy (non-hydrogen) atoms. The van der Waals surface area contributed by atoms with Crippen LogP contribution in [0.4, 0.5) is 0 Å². The van der Waals surface area contributed by atoms with Crippen LogP contribution < -0.4 is 4.74 Å². The van der Waals surface area contributed by atoms with Crippen LogP contribution in [0.2, 0.25) is 0 Å². The van der Waals surface area contributed by atoms with E-state index in [-0.39, 0.29) is 10.7 Å². The quantitative estimate of drug-likeness (QED) is 0.590. The summed E-state index contributed by atoms with van der Waals surface area (Å²) in [6, 6.07) is 5.71. The number of piperazine rings is 1. The first-order chi connectivity index (χ1) is 15.0. The summed E-state index contributed by atoms with van der Waals surface area (Å²) in [6.07, 6.45) is 0. The number of aryl methyl sites for hydroxylation is 3. The van der Waals surface area contributed by atoms with Crippen LogP contribution in [0.15, 0.2) is 23.1 Å². The van der Waals surface area contributed by atoms with Crippen molar-refractivity contribution in [2.45, 2.75) is 52.5 Å². The maximum atomic E-state index is 13.3. The number of Topliss-reactive ketones (excluding diaryl/α,β-unsaturated/α-hetero) is 1. The molecule has 1 aromatic heterocycles. The van der Waals surface area contributed by atoms with Crippen molar-refractivity contribution < 1.29 is 17.9 Å². The van der Waals surface area contributed by atoms with Gasteiger partial charge in [0, 0.05) is 49.2 Å². The van der Waals surface area contributed by atoms with E-state index in [2.05, 4.69) is 18.4 Å². The Bertz CT molecular complexity index is 1110. The van der Waals surface area contributed by atoms with Gasteiger partial charge in [0.25, 0.3) is 0 Å². The number of sulfonamides is 1. The van der Waals surface area contributed by atoms with Gasteiger partial charge in [-0.25, -0.2) is 8.42 Å². The third-order valence-electron chi connectivity index (χ3n) is 6.40. The van der Waals surface area contributed by atoms with Gasteiger partial charge in [0.05, 0.1) is 13.7 Å². The Morgan fingerprint density at radius 1 is 1.00 bits per heavy atom. The fourth-order valence-corrected chi connectivity index (χ4v) is 6.18. The molecule has 0 atom stereocenters. The molecule has 7 nitrogen and oxygen atoms in total. The number of hydrogen-bond donors (Lipinski definition) is 0. The Hall–Kier alpha value is -2.16. The summed E-state index contributed by atoms with van der Waals surface area (Å²) in [4.78, 5) is 15.2. The summed E-state index contributed by atoms with van der Waals surface area (Å²) in [6.45, 7) is 14.1. The monoisotopic (exact) mass is 461 g/mol. The molecule has 0 amide bonds. The first kappa shape index (κ1) is 24.5. The minimum atomic E-state index is -3.67. The molecule has 0 saturated carbocycles. The highest BCUT2D eigenvalue weighted by Crippen LogP contribution is 2.30. The van der Waals surface area contributed by atoms with E-state index in [9.17, 15) is 13.2 Å². The van der Waals surface area contributed by atoms with Crippen LogP contribution in [0.3, 0.4) is 0 Å². The first-order valence-corrected chi connectivity index (χ1v) is 12.5. The van der Waals surface area contributed by atoms with Gasteiger partial charge in [0.1, 0.15) is 10.6 Å². The second kappa shape index (κ2) is 9.37. The number of nitrogens with zero attached hydrogens (tertiary/aromatic N) is 3. The lowest BCUT2D eigenvalue weighted by atomic mass is 10.1. The molecule has 2 heterocycles. The van der Waals surface area contributed by atoms with Crippen LogP contribution in [0.25, 0.3) is 0 Å². The van der Waals surface area contributed by atoms with E-state index >= 15 is 0 Å². The van der Waals surface area contributed by atoms with E-state index in [4.69, 9.17) is 4.74 Å². The van der Waals surface area contributed by atoms with E-state index in [1.165, 1.54) is 11.4 Å². The molecule has 0 N–H and O–H groups in total. The van der Waals surface area contributed by atoms with Gasteiger partial charge in [-0.1, -0.05) is 0 Å². The Morgan fingerprint density at radius 2 is 1.59 bits per heavy atom. The number of benzene rings is 1. The Morgan fingerprint density at radius 3 is 2.12 bits per heavy atom. The van der Waals surface area contributed by atoms with Crippen LogP contribution in [0.5, 0.6) is 5.75 Å². The lowest BCUT2D eigenvalue weighted by Crippen LogP contribution is -2.49. The zero-order valence-electron chi connectivity index (χ0n) is 20.2. The molecule has 1 aliphatic heterocycles. The molecule has 1 fully saturated rings. The van der Waals surface area contributed by atoms with Crippen molar-refractivity contribution in [2.75, 3.05) is 39.8 Å². The number of carbonyl (C=O) groups excluding carboxylic acids is 1. The maximum Gasteiger partial charge on any atom is 0.246 e. The van der Waals surface area contributed by atoms with Crippen molar-refractivity contribution in [3.8, 4) is 5.75 Å². The van der Waals surface area contributed by atoms with E-state index < -0.39 is 10.0 Å². The molecule has 0 aliphatic carbocycles. The van der Waals surface area contributed by atoms with Gasteiger partial charge in [-0.2, -0.15) is 4.31 Å². The number of carbonyl (C=O) groups is 1. The molecular formula is C24H35N3O4S. The third-order valence-corrected chi connectivity index (χ3v) is 8.32. The highest BCUT2D eigenvalue weighted by molar-refractivity contribution is 7.89. The van der Waals surface area contributed by atoms with Gasteiger partial charge in [-0.15, -0.1) is 0 Å². The smallest absolute Gasteiger partial charge is 0.246 e. The molecule has 0 radical (unpaired) electrons. The largest absolute Gasteiger partial charge is 0.495 e. The lowest BCUT2D eigenvalue weighted by molar-refractivity contribution is 0.0901. The average molecular weight is 462 g/mol. The fraction of sp³-hybridized carbons (Fsp3) is 0.542. The van der Waals surface area contributed by atoms with E-state index in [1.807, 2.05) is 38.7 Å². The molecule has 8 heteroatoms. The van der Waals surface area contributed by atoms with Gasteiger partial charge < -0.3 is 9.30 Å². The minimum absolute atomic E-state index is 0.0807. The normalized spacial score (nSPS) is 16.0. The van der Waals surface area contributed by atoms with Gasteiger partial charge in [0.2, 0.25) is 10.0 Å². The standard InChI is InChI=1S/C24H35N3O4S/c1-16(2)27-19(5)14-21(20(27)6)22(28)15-25-8-10-26(11-9-25)32(29,30)24-13-18(4)17(3)12-23(24)31-7/h12-14,16H,8-11,15H2,1-7H3.